The minimum atomic E-state index is -3.62. The summed E-state index contributed by atoms with van der Waals surface area (Å²) in [6.45, 7) is 0.207. The van der Waals surface area contributed by atoms with Crippen molar-refractivity contribution < 1.29 is 12.8 Å². The number of nitrogens with one attached hydrogen (secondary N) is 2. The number of hydrogen-bond acceptors (Lipinski definition) is 2. The van der Waals surface area contributed by atoms with Crippen LogP contribution in [-0.4, -0.2) is 19.9 Å². The first kappa shape index (κ1) is 16.0. The molecule has 3 rings (SSSR count). The number of fused-ring (bicyclic) bond motifs is 1. The third kappa shape index (κ3) is 3.55. The first-order valence-electron chi connectivity index (χ1n) is 6.96. The van der Waals surface area contributed by atoms with E-state index in [4.69, 9.17) is 11.6 Å². The molecule has 2 N–H and O–H groups in total. The predicted molar refractivity (Wildman–Crippen MR) is 88.6 cm³/mol. The molecule has 4 nitrogen and oxygen atoms in total. The van der Waals surface area contributed by atoms with Gasteiger partial charge in [-0.05, 0) is 48.4 Å². The summed E-state index contributed by atoms with van der Waals surface area (Å²) in [6.07, 6.45) is 2.21. The van der Waals surface area contributed by atoms with E-state index >= 15 is 0 Å². The van der Waals surface area contributed by atoms with Gasteiger partial charge in [0.1, 0.15) is 5.82 Å². The van der Waals surface area contributed by atoms with Crippen LogP contribution >= 0.6 is 11.6 Å². The number of benzene rings is 2. The molecule has 3 aromatic rings. The SMILES string of the molecule is O=S(=O)(NCCc1c[nH]c2ccc(F)cc12)c1cccc(Cl)c1. The Bertz CT molecular complexity index is 954. The van der Waals surface area contributed by atoms with Crippen LogP contribution in [0.2, 0.25) is 5.02 Å². The van der Waals surface area contributed by atoms with Gasteiger partial charge in [-0.3, -0.25) is 0 Å². The maximum atomic E-state index is 13.3. The van der Waals surface area contributed by atoms with E-state index in [1.165, 1.54) is 24.3 Å². The molecule has 0 saturated carbocycles. The minimum Gasteiger partial charge on any atom is -0.361 e. The quantitative estimate of drug-likeness (QED) is 0.738. The highest BCUT2D eigenvalue weighted by atomic mass is 35.5. The summed E-state index contributed by atoms with van der Waals surface area (Å²) in [5.41, 5.74) is 1.67. The van der Waals surface area contributed by atoms with Crippen LogP contribution in [0, 0.1) is 5.82 Å². The summed E-state index contributed by atoms with van der Waals surface area (Å²) >= 11 is 5.81. The van der Waals surface area contributed by atoms with Crippen LogP contribution in [0.1, 0.15) is 5.56 Å². The highest BCUT2D eigenvalue weighted by Gasteiger charge is 2.14. The van der Waals surface area contributed by atoms with Gasteiger partial charge in [0, 0.05) is 28.7 Å². The summed E-state index contributed by atoms with van der Waals surface area (Å²) in [4.78, 5) is 3.16. The zero-order valence-corrected chi connectivity index (χ0v) is 13.6. The molecule has 120 valence electrons. The van der Waals surface area contributed by atoms with Crippen molar-refractivity contribution in [3.8, 4) is 0 Å². The van der Waals surface area contributed by atoms with Crippen LogP contribution in [0.5, 0.6) is 0 Å². The van der Waals surface area contributed by atoms with Gasteiger partial charge in [-0.2, -0.15) is 0 Å². The number of aromatic nitrogens is 1. The van der Waals surface area contributed by atoms with E-state index in [1.807, 2.05) is 0 Å². The number of H-pyrrole nitrogens is 1. The molecular formula is C16H14ClFN2O2S. The molecule has 1 heterocycles. The Balaban J connectivity index is 1.72. The van der Waals surface area contributed by atoms with E-state index < -0.39 is 10.0 Å². The van der Waals surface area contributed by atoms with Crippen molar-refractivity contribution in [2.24, 2.45) is 0 Å². The molecule has 0 fully saturated rings. The molecule has 0 aliphatic heterocycles. The van der Waals surface area contributed by atoms with E-state index in [-0.39, 0.29) is 17.3 Å². The monoisotopic (exact) mass is 352 g/mol. The molecule has 0 atom stereocenters. The lowest BCUT2D eigenvalue weighted by Gasteiger charge is -2.07. The third-order valence-electron chi connectivity index (χ3n) is 3.52. The maximum absolute atomic E-state index is 13.3. The second-order valence-electron chi connectivity index (χ2n) is 5.11. The Morgan fingerprint density at radius 3 is 2.78 bits per heavy atom. The largest absolute Gasteiger partial charge is 0.361 e. The second kappa shape index (κ2) is 6.31. The Labute approximate surface area is 138 Å². The Morgan fingerprint density at radius 2 is 2.00 bits per heavy atom. The van der Waals surface area contributed by atoms with Gasteiger partial charge in [-0.15, -0.1) is 0 Å². The summed E-state index contributed by atoms with van der Waals surface area (Å²) in [7, 11) is -3.62. The molecule has 0 saturated heterocycles. The van der Waals surface area contributed by atoms with Crippen LogP contribution in [0.3, 0.4) is 0 Å². The highest BCUT2D eigenvalue weighted by Crippen LogP contribution is 2.20. The van der Waals surface area contributed by atoms with Crippen molar-refractivity contribution in [2.75, 3.05) is 6.54 Å². The van der Waals surface area contributed by atoms with E-state index in [1.54, 1.807) is 24.4 Å². The first-order valence-corrected chi connectivity index (χ1v) is 8.82. The average molecular weight is 353 g/mol. The molecule has 7 heteroatoms. The molecule has 0 spiro atoms. The number of rotatable bonds is 5. The molecule has 1 aromatic heterocycles. The van der Waals surface area contributed by atoms with Gasteiger partial charge in [-0.25, -0.2) is 17.5 Å². The van der Waals surface area contributed by atoms with Gasteiger partial charge in [0.2, 0.25) is 10.0 Å². The normalized spacial score (nSPS) is 11.9. The van der Waals surface area contributed by atoms with Gasteiger partial charge in [0.05, 0.1) is 4.90 Å². The van der Waals surface area contributed by atoms with Crippen LogP contribution in [-0.2, 0) is 16.4 Å². The van der Waals surface area contributed by atoms with E-state index in [0.29, 0.717) is 11.4 Å². The fraction of sp³-hybridized carbons (Fsp3) is 0.125. The van der Waals surface area contributed by atoms with Crippen LogP contribution in [0.15, 0.2) is 53.6 Å². The maximum Gasteiger partial charge on any atom is 0.240 e. The van der Waals surface area contributed by atoms with Gasteiger partial charge >= 0.3 is 0 Å². The number of aromatic amines is 1. The number of halogens is 2. The fourth-order valence-electron chi connectivity index (χ4n) is 2.40. The molecule has 0 unspecified atom stereocenters. The lowest BCUT2D eigenvalue weighted by atomic mass is 10.1. The van der Waals surface area contributed by atoms with Crippen molar-refractivity contribution in [1.82, 2.24) is 9.71 Å². The van der Waals surface area contributed by atoms with Gasteiger partial charge < -0.3 is 4.98 Å². The summed E-state index contributed by atoms with van der Waals surface area (Å²) in [5.74, 6) is -0.321. The zero-order chi connectivity index (χ0) is 16.4. The Hall–Kier alpha value is -1.89. The number of hydrogen-bond donors (Lipinski definition) is 2. The van der Waals surface area contributed by atoms with Crippen molar-refractivity contribution in [1.29, 1.82) is 0 Å². The topological polar surface area (TPSA) is 62.0 Å². The highest BCUT2D eigenvalue weighted by molar-refractivity contribution is 7.89. The van der Waals surface area contributed by atoms with Gasteiger partial charge in [0.15, 0.2) is 0 Å². The Kier molecular flexibility index (Phi) is 4.39. The lowest BCUT2D eigenvalue weighted by molar-refractivity contribution is 0.581. The molecule has 0 amide bonds. The van der Waals surface area contributed by atoms with Crippen molar-refractivity contribution in [3.05, 3.63) is 65.1 Å². The first-order chi connectivity index (χ1) is 11.0. The molecule has 2 aromatic carbocycles. The Morgan fingerprint density at radius 1 is 1.17 bits per heavy atom. The van der Waals surface area contributed by atoms with Crippen molar-refractivity contribution >= 4 is 32.5 Å². The third-order valence-corrected chi connectivity index (χ3v) is 5.22. The minimum absolute atomic E-state index is 0.120. The molecule has 0 radical (unpaired) electrons. The van der Waals surface area contributed by atoms with Gasteiger partial charge in [-0.1, -0.05) is 17.7 Å². The summed E-state index contributed by atoms with van der Waals surface area (Å²) < 4.78 is 40.2. The van der Waals surface area contributed by atoms with E-state index in [2.05, 4.69) is 9.71 Å². The molecule has 23 heavy (non-hydrogen) atoms. The fourth-order valence-corrected chi connectivity index (χ4v) is 3.73. The van der Waals surface area contributed by atoms with Crippen molar-refractivity contribution in [3.63, 3.8) is 0 Å². The van der Waals surface area contributed by atoms with Crippen LogP contribution in [0.25, 0.3) is 10.9 Å². The van der Waals surface area contributed by atoms with Crippen molar-refractivity contribution in [2.45, 2.75) is 11.3 Å². The standard InChI is InChI=1S/C16H14ClFN2O2S/c17-12-2-1-3-14(8-12)23(21,22)20-7-6-11-10-19-16-5-4-13(18)9-15(11)16/h1-5,8-10,19-20H,6-7H2. The number of sulfonamides is 1. The second-order valence-corrected chi connectivity index (χ2v) is 7.31. The van der Waals surface area contributed by atoms with E-state index in [9.17, 15) is 12.8 Å². The summed E-state index contributed by atoms with van der Waals surface area (Å²) in [6, 6.07) is 10.5. The zero-order valence-electron chi connectivity index (χ0n) is 12.0. The van der Waals surface area contributed by atoms with Crippen LogP contribution < -0.4 is 4.72 Å². The predicted octanol–water partition coefficient (Wildman–Crippen LogP) is 3.48. The molecular weight excluding hydrogens is 339 g/mol. The summed E-state index contributed by atoms with van der Waals surface area (Å²) in [5, 5.41) is 1.12. The van der Waals surface area contributed by atoms with E-state index in [0.717, 1.165) is 16.5 Å². The molecule has 0 bridgehead atoms. The molecule has 0 aliphatic carbocycles. The van der Waals surface area contributed by atoms with Gasteiger partial charge in [0.25, 0.3) is 0 Å². The van der Waals surface area contributed by atoms with Crippen LogP contribution in [0.4, 0.5) is 4.39 Å². The smallest absolute Gasteiger partial charge is 0.240 e. The average Bonchev–Trinajstić information content (AvgIpc) is 2.90. The lowest BCUT2D eigenvalue weighted by Crippen LogP contribution is -2.25. The molecule has 0 aliphatic rings.